The molecule has 2 aliphatic rings. The van der Waals surface area contributed by atoms with E-state index in [0.717, 1.165) is 24.9 Å². The summed E-state index contributed by atoms with van der Waals surface area (Å²) in [5.41, 5.74) is 8.26. The van der Waals surface area contributed by atoms with Gasteiger partial charge in [-0.1, -0.05) is 12.1 Å². The molecule has 0 atom stereocenters. The maximum absolute atomic E-state index is 13.0. The van der Waals surface area contributed by atoms with E-state index in [-0.39, 0.29) is 29.8 Å². The standard InChI is InChI=1S/C21H26N4O3/c22-19-18-20(24-13-23-19)28-12-10-25(21(18)27)17-7-5-16(6-8-17)15-3-1-14(2-4-15)9-11-26/h5-8,13-15,26H,1-4,9-12H2,(H2,22,23,24)/t14-,15-. The van der Waals surface area contributed by atoms with Crippen LogP contribution in [0, 0.1) is 5.92 Å². The van der Waals surface area contributed by atoms with Crippen LogP contribution in [0.25, 0.3) is 0 Å². The van der Waals surface area contributed by atoms with Gasteiger partial charge < -0.3 is 20.5 Å². The Balaban J connectivity index is 1.50. The van der Waals surface area contributed by atoms with Crippen molar-refractivity contribution in [2.24, 2.45) is 5.92 Å². The van der Waals surface area contributed by atoms with E-state index in [9.17, 15) is 4.79 Å². The number of fused-ring (bicyclic) bond motifs is 1. The molecule has 0 spiro atoms. The Hall–Kier alpha value is -2.67. The summed E-state index contributed by atoms with van der Waals surface area (Å²) < 4.78 is 5.59. The monoisotopic (exact) mass is 382 g/mol. The second-order valence-electron chi connectivity index (χ2n) is 7.57. The Labute approximate surface area is 164 Å². The van der Waals surface area contributed by atoms with Crippen molar-refractivity contribution in [3.05, 3.63) is 41.7 Å². The third-order valence-electron chi connectivity index (χ3n) is 5.91. The molecule has 3 N–H and O–H groups in total. The Kier molecular flexibility index (Phi) is 5.43. The molecule has 148 valence electrons. The summed E-state index contributed by atoms with van der Waals surface area (Å²) in [6, 6.07) is 8.24. The lowest BCUT2D eigenvalue weighted by molar-refractivity contribution is 0.0990. The van der Waals surface area contributed by atoms with Crippen LogP contribution in [0.1, 0.15) is 53.9 Å². The summed E-state index contributed by atoms with van der Waals surface area (Å²) in [6.45, 7) is 1.07. The molecule has 28 heavy (non-hydrogen) atoms. The first kappa shape index (κ1) is 18.7. The molecule has 0 bridgehead atoms. The summed E-state index contributed by atoms with van der Waals surface area (Å²) in [6.07, 6.45) is 6.87. The Morgan fingerprint density at radius 1 is 1.14 bits per heavy atom. The van der Waals surface area contributed by atoms with Gasteiger partial charge in [-0.25, -0.2) is 9.97 Å². The predicted molar refractivity (Wildman–Crippen MR) is 106 cm³/mol. The topological polar surface area (TPSA) is 102 Å². The highest BCUT2D eigenvalue weighted by molar-refractivity contribution is 6.10. The van der Waals surface area contributed by atoms with E-state index in [2.05, 4.69) is 22.1 Å². The molecular weight excluding hydrogens is 356 g/mol. The van der Waals surface area contributed by atoms with E-state index in [1.165, 1.54) is 24.7 Å². The number of carbonyl (C=O) groups excluding carboxylic acids is 1. The Bertz CT molecular complexity index is 832. The number of nitrogens with zero attached hydrogens (tertiary/aromatic N) is 3. The highest BCUT2D eigenvalue weighted by atomic mass is 16.5. The van der Waals surface area contributed by atoms with Crippen LogP contribution in [0.5, 0.6) is 5.88 Å². The van der Waals surface area contributed by atoms with E-state index < -0.39 is 0 Å². The number of anilines is 2. The lowest BCUT2D eigenvalue weighted by Gasteiger charge is -2.29. The lowest BCUT2D eigenvalue weighted by Crippen LogP contribution is -2.32. The lowest BCUT2D eigenvalue weighted by atomic mass is 9.77. The highest BCUT2D eigenvalue weighted by Gasteiger charge is 2.29. The summed E-state index contributed by atoms with van der Waals surface area (Å²) in [5.74, 6) is 1.36. The fraction of sp³-hybridized carbons (Fsp3) is 0.476. The molecule has 1 amide bonds. The molecule has 7 nitrogen and oxygen atoms in total. The minimum absolute atomic E-state index is 0.137. The van der Waals surface area contributed by atoms with Crippen molar-refractivity contribution >= 4 is 17.4 Å². The minimum Gasteiger partial charge on any atom is -0.475 e. The molecule has 1 aromatic carbocycles. The number of rotatable bonds is 4. The van der Waals surface area contributed by atoms with Gasteiger partial charge in [-0.3, -0.25) is 4.79 Å². The molecule has 7 heteroatoms. The number of ether oxygens (including phenoxy) is 1. The van der Waals surface area contributed by atoms with Gasteiger partial charge in [0.05, 0.1) is 6.54 Å². The summed E-state index contributed by atoms with van der Waals surface area (Å²) in [5, 5.41) is 9.12. The number of amides is 1. The summed E-state index contributed by atoms with van der Waals surface area (Å²) >= 11 is 0. The van der Waals surface area contributed by atoms with Crippen LogP contribution < -0.4 is 15.4 Å². The van der Waals surface area contributed by atoms with E-state index >= 15 is 0 Å². The van der Waals surface area contributed by atoms with Crippen LogP contribution in [0.15, 0.2) is 30.6 Å². The first-order valence-electron chi connectivity index (χ1n) is 9.93. The second kappa shape index (κ2) is 8.14. The third kappa shape index (κ3) is 3.67. The maximum Gasteiger partial charge on any atom is 0.267 e. The minimum atomic E-state index is -0.233. The van der Waals surface area contributed by atoms with Gasteiger partial charge in [0.15, 0.2) is 0 Å². The van der Waals surface area contributed by atoms with Crippen molar-refractivity contribution < 1.29 is 14.6 Å². The third-order valence-corrected chi connectivity index (χ3v) is 5.91. The van der Waals surface area contributed by atoms with Crippen molar-refractivity contribution in [2.45, 2.75) is 38.0 Å². The molecule has 1 aliphatic carbocycles. The van der Waals surface area contributed by atoms with Gasteiger partial charge in [0, 0.05) is 12.3 Å². The number of nitrogens with two attached hydrogens (primary N) is 1. The number of aliphatic hydroxyl groups is 1. The first-order chi connectivity index (χ1) is 13.7. The van der Waals surface area contributed by atoms with Gasteiger partial charge in [-0.15, -0.1) is 0 Å². The number of nitrogen functional groups attached to an aromatic ring is 1. The molecule has 0 radical (unpaired) electrons. The first-order valence-corrected chi connectivity index (χ1v) is 9.93. The smallest absolute Gasteiger partial charge is 0.267 e. The van der Waals surface area contributed by atoms with Crippen molar-refractivity contribution in [1.29, 1.82) is 0 Å². The van der Waals surface area contributed by atoms with Crippen LogP contribution in [0.2, 0.25) is 0 Å². The van der Waals surface area contributed by atoms with Gasteiger partial charge in [0.2, 0.25) is 5.88 Å². The largest absolute Gasteiger partial charge is 0.475 e. The zero-order chi connectivity index (χ0) is 19.5. The van der Waals surface area contributed by atoms with Crippen LogP contribution in [-0.2, 0) is 0 Å². The van der Waals surface area contributed by atoms with Crippen molar-refractivity contribution in [3.8, 4) is 5.88 Å². The van der Waals surface area contributed by atoms with E-state index in [0.29, 0.717) is 25.0 Å². The van der Waals surface area contributed by atoms with Crippen LogP contribution in [0.3, 0.4) is 0 Å². The SMILES string of the molecule is Nc1ncnc2c1C(=O)N(c1ccc([C@H]3CC[C@H](CCO)CC3)cc1)CCO2. The zero-order valence-corrected chi connectivity index (χ0v) is 15.9. The molecule has 1 aliphatic heterocycles. The fourth-order valence-corrected chi connectivity index (χ4v) is 4.30. The normalized spacial score (nSPS) is 22.3. The number of hydrogen-bond acceptors (Lipinski definition) is 6. The second-order valence-corrected chi connectivity index (χ2v) is 7.57. The summed E-state index contributed by atoms with van der Waals surface area (Å²) in [7, 11) is 0. The average Bonchev–Trinajstić information content (AvgIpc) is 2.89. The molecule has 1 saturated carbocycles. The van der Waals surface area contributed by atoms with E-state index in [1.807, 2.05) is 12.1 Å². The number of carbonyl (C=O) groups is 1. The van der Waals surface area contributed by atoms with Crippen LogP contribution >= 0.6 is 0 Å². The van der Waals surface area contributed by atoms with Gasteiger partial charge in [-0.05, 0) is 61.6 Å². The van der Waals surface area contributed by atoms with Gasteiger partial charge in [0.1, 0.15) is 24.3 Å². The maximum atomic E-state index is 13.0. The molecule has 0 unspecified atom stereocenters. The van der Waals surface area contributed by atoms with Gasteiger partial charge >= 0.3 is 0 Å². The predicted octanol–water partition coefficient (Wildman–Crippen LogP) is 2.75. The summed E-state index contributed by atoms with van der Waals surface area (Å²) in [4.78, 5) is 22.6. The number of benzene rings is 1. The van der Waals surface area contributed by atoms with Crippen molar-refractivity contribution in [3.63, 3.8) is 0 Å². The zero-order valence-electron chi connectivity index (χ0n) is 15.9. The van der Waals surface area contributed by atoms with E-state index in [4.69, 9.17) is 15.6 Å². The molecule has 1 fully saturated rings. The number of hydrogen-bond donors (Lipinski definition) is 2. The van der Waals surface area contributed by atoms with Gasteiger partial charge in [-0.2, -0.15) is 0 Å². The average molecular weight is 382 g/mol. The van der Waals surface area contributed by atoms with Crippen LogP contribution in [-0.4, -0.2) is 40.7 Å². The molecular formula is C21H26N4O3. The Morgan fingerprint density at radius 3 is 2.61 bits per heavy atom. The molecule has 4 rings (SSSR count). The molecule has 2 heterocycles. The van der Waals surface area contributed by atoms with Crippen LogP contribution in [0.4, 0.5) is 11.5 Å². The molecule has 0 saturated heterocycles. The quantitative estimate of drug-likeness (QED) is 0.843. The van der Waals surface area contributed by atoms with Crippen molar-refractivity contribution in [1.82, 2.24) is 9.97 Å². The highest BCUT2D eigenvalue weighted by Crippen LogP contribution is 2.37. The Morgan fingerprint density at radius 2 is 1.89 bits per heavy atom. The van der Waals surface area contributed by atoms with Gasteiger partial charge in [0.25, 0.3) is 5.91 Å². The van der Waals surface area contributed by atoms with Crippen molar-refractivity contribution in [2.75, 3.05) is 30.4 Å². The number of aromatic nitrogens is 2. The number of aliphatic hydroxyl groups excluding tert-OH is 1. The van der Waals surface area contributed by atoms with E-state index in [1.54, 1.807) is 4.90 Å². The molecule has 1 aromatic heterocycles. The fourth-order valence-electron chi connectivity index (χ4n) is 4.30. The molecule has 2 aromatic rings.